The molecule has 0 aromatic heterocycles. The molecular formula is C16H22O4. The van der Waals surface area contributed by atoms with Gasteiger partial charge in [-0.3, -0.25) is 4.79 Å². The van der Waals surface area contributed by atoms with Crippen molar-refractivity contribution in [2.45, 2.75) is 25.9 Å². The Kier molecular flexibility index (Phi) is 7.62. The van der Waals surface area contributed by atoms with Gasteiger partial charge in [-0.2, -0.15) is 0 Å². The maximum absolute atomic E-state index is 11.8. The zero-order chi connectivity index (χ0) is 14.8. The molecule has 2 atom stereocenters. The van der Waals surface area contributed by atoms with Gasteiger partial charge < -0.3 is 14.9 Å². The molecular weight excluding hydrogens is 256 g/mol. The lowest BCUT2D eigenvalue weighted by molar-refractivity contribution is -0.149. The number of ether oxygens (including phenoxy) is 1. The Morgan fingerprint density at radius 2 is 2.05 bits per heavy atom. The summed E-state index contributed by atoms with van der Waals surface area (Å²) in [5.41, 5.74) is 1.11. The van der Waals surface area contributed by atoms with Crippen LogP contribution in [0.3, 0.4) is 0 Å². The fraction of sp³-hybridized carbons (Fsp3) is 0.438. The molecule has 0 saturated heterocycles. The predicted octanol–water partition coefficient (Wildman–Crippen LogP) is 1.71. The van der Waals surface area contributed by atoms with E-state index in [4.69, 9.17) is 9.84 Å². The van der Waals surface area contributed by atoms with Gasteiger partial charge in [0.05, 0.1) is 19.3 Å². The number of aryl methyl sites for hydroxylation is 1. The van der Waals surface area contributed by atoms with Gasteiger partial charge in [0.2, 0.25) is 0 Å². The van der Waals surface area contributed by atoms with Crippen LogP contribution in [0.1, 0.15) is 18.9 Å². The van der Waals surface area contributed by atoms with Crippen molar-refractivity contribution in [3.05, 3.63) is 48.0 Å². The number of esters is 1. The Balaban J connectivity index is 2.60. The van der Waals surface area contributed by atoms with E-state index in [9.17, 15) is 9.90 Å². The molecule has 0 unspecified atom stereocenters. The number of hydrogen-bond acceptors (Lipinski definition) is 4. The van der Waals surface area contributed by atoms with Crippen LogP contribution in [-0.4, -0.2) is 35.5 Å². The van der Waals surface area contributed by atoms with Crippen LogP contribution in [0.15, 0.2) is 42.5 Å². The van der Waals surface area contributed by atoms with Crippen LogP contribution in [0.4, 0.5) is 0 Å². The average molecular weight is 278 g/mol. The normalized spacial score (nSPS) is 14.2. The molecule has 0 spiro atoms. The molecule has 0 amide bonds. The Morgan fingerprint density at radius 1 is 1.35 bits per heavy atom. The van der Waals surface area contributed by atoms with E-state index in [-0.39, 0.29) is 13.2 Å². The first-order valence-electron chi connectivity index (χ1n) is 6.85. The average Bonchev–Trinajstić information content (AvgIpc) is 2.47. The maximum atomic E-state index is 11.8. The van der Waals surface area contributed by atoms with Crippen LogP contribution < -0.4 is 0 Å². The zero-order valence-electron chi connectivity index (χ0n) is 11.7. The molecule has 4 heteroatoms. The van der Waals surface area contributed by atoms with Crippen molar-refractivity contribution in [3.63, 3.8) is 0 Å². The van der Waals surface area contributed by atoms with E-state index in [1.54, 1.807) is 6.92 Å². The lowest BCUT2D eigenvalue weighted by atomic mass is 9.96. The van der Waals surface area contributed by atoms with Crippen molar-refractivity contribution in [3.8, 4) is 0 Å². The minimum atomic E-state index is -0.822. The quantitative estimate of drug-likeness (QED) is 0.561. The van der Waals surface area contributed by atoms with Crippen molar-refractivity contribution in [1.29, 1.82) is 0 Å². The zero-order valence-corrected chi connectivity index (χ0v) is 11.7. The molecule has 0 bridgehead atoms. The van der Waals surface area contributed by atoms with Gasteiger partial charge in [-0.05, 0) is 25.3 Å². The molecule has 4 nitrogen and oxygen atoms in total. The fourth-order valence-electron chi connectivity index (χ4n) is 1.95. The first-order chi connectivity index (χ1) is 9.69. The minimum Gasteiger partial charge on any atom is -0.465 e. The van der Waals surface area contributed by atoms with E-state index in [1.165, 1.54) is 12.2 Å². The first kappa shape index (κ1) is 16.4. The summed E-state index contributed by atoms with van der Waals surface area (Å²) in [5.74, 6) is -1.19. The van der Waals surface area contributed by atoms with Crippen molar-refractivity contribution in [2.24, 2.45) is 5.92 Å². The molecule has 0 radical (unpaired) electrons. The third-order valence-corrected chi connectivity index (χ3v) is 2.99. The van der Waals surface area contributed by atoms with Gasteiger partial charge in [0, 0.05) is 0 Å². The summed E-state index contributed by atoms with van der Waals surface area (Å²) in [6, 6.07) is 9.78. The van der Waals surface area contributed by atoms with E-state index in [0.717, 1.165) is 5.56 Å². The van der Waals surface area contributed by atoms with Crippen LogP contribution in [0.2, 0.25) is 0 Å². The highest BCUT2D eigenvalue weighted by Crippen LogP contribution is 2.15. The highest BCUT2D eigenvalue weighted by molar-refractivity contribution is 5.75. The first-order valence-corrected chi connectivity index (χ1v) is 6.85. The standard InChI is InChI=1S/C16H22O4/c1-2-20-16(19)14(9-6-12-17)15(18)11-10-13-7-4-3-5-8-13/h3-9,14-15,17-18H,2,10-12H2,1H3/b9-6+/t14-,15+/m1/s1. The third-order valence-electron chi connectivity index (χ3n) is 2.99. The lowest BCUT2D eigenvalue weighted by Crippen LogP contribution is -2.29. The van der Waals surface area contributed by atoms with Crippen LogP contribution in [0, 0.1) is 5.92 Å². The van der Waals surface area contributed by atoms with E-state index >= 15 is 0 Å². The number of carbonyl (C=O) groups is 1. The second-order valence-electron chi connectivity index (χ2n) is 4.48. The van der Waals surface area contributed by atoms with Crippen molar-refractivity contribution < 1.29 is 19.7 Å². The predicted molar refractivity (Wildman–Crippen MR) is 77.1 cm³/mol. The lowest BCUT2D eigenvalue weighted by Gasteiger charge is -2.18. The number of aliphatic hydroxyl groups excluding tert-OH is 2. The summed E-state index contributed by atoms with van der Waals surface area (Å²) >= 11 is 0. The highest BCUT2D eigenvalue weighted by atomic mass is 16.5. The van der Waals surface area contributed by atoms with Crippen molar-refractivity contribution in [1.82, 2.24) is 0 Å². The molecule has 0 aliphatic carbocycles. The molecule has 0 heterocycles. The fourth-order valence-corrected chi connectivity index (χ4v) is 1.95. The molecule has 1 aromatic rings. The smallest absolute Gasteiger partial charge is 0.315 e. The number of benzene rings is 1. The molecule has 0 saturated carbocycles. The SMILES string of the molecule is CCOC(=O)[C@H](/C=C/CO)[C@@H](O)CCc1ccccc1. The Bertz CT molecular complexity index is 414. The molecule has 1 aromatic carbocycles. The number of carbonyl (C=O) groups excluding carboxylic acids is 1. The monoisotopic (exact) mass is 278 g/mol. The van der Waals surface area contributed by atoms with Crippen LogP contribution in [0.5, 0.6) is 0 Å². The molecule has 0 fully saturated rings. The van der Waals surface area contributed by atoms with Gasteiger partial charge in [-0.15, -0.1) is 0 Å². The molecule has 20 heavy (non-hydrogen) atoms. The third kappa shape index (κ3) is 5.55. The molecule has 0 aliphatic heterocycles. The molecule has 110 valence electrons. The Hall–Kier alpha value is -1.65. The summed E-state index contributed by atoms with van der Waals surface area (Å²) < 4.78 is 4.94. The summed E-state index contributed by atoms with van der Waals surface area (Å²) in [5, 5.41) is 19.0. The highest BCUT2D eigenvalue weighted by Gasteiger charge is 2.25. The van der Waals surface area contributed by atoms with Gasteiger partial charge in [-0.1, -0.05) is 42.5 Å². The summed E-state index contributed by atoms with van der Waals surface area (Å²) in [7, 11) is 0. The second kappa shape index (κ2) is 9.28. The van der Waals surface area contributed by atoms with Crippen molar-refractivity contribution >= 4 is 5.97 Å². The van der Waals surface area contributed by atoms with E-state index in [2.05, 4.69) is 0 Å². The summed E-state index contributed by atoms with van der Waals surface area (Å²) in [6.07, 6.45) is 3.28. The maximum Gasteiger partial charge on any atom is 0.315 e. The van der Waals surface area contributed by atoms with E-state index in [0.29, 0.717) is 12.8 Å². The topological polar surface area (TPSA) is 66.8 Å². The van der Waals surface area contributed by atoms with Crippen LogP contribution in [0.25, 0.3) is 0 Å². The van der Waals surface area contributed by atoms with Gasteiger partial charge in [0.15, 0.2) is 0 Å². The molecule has 0 aliphatic rings. The summed E-state index contributed by atoms with van der Waals surface area (Å²) in [6.45, 7) is 1.83. The largest absolute Gasteiger partial charge is 0.465 e. The van der Waals surface area contributed by atoms with Crippen LogP contribution >= 0.6 is 0 Å². The number of rotatable bonds is 8. The van der Waals surface area contributed by atoms with Gasteiger partial charge >= 0.3 is 5.97 Å². The molecule has 1 rings (SSSR count). The Morgan fingerprint density at radius 3 is 2.65 bits per heavy atom. The van der Waals surface area contributed by atoms with E-state index in [1.807, 2.05) is 30.3 Å². The van der Waals surface area contributed by atoms with Crippen LogP contribution in [-0.2, 0) is 16.0 Å². The minimum absolute atomic E-state index is 0.165. The second-order valence-corrected chi connectivity index (χ2v) is 4.48. The summed E-state index contributed by atoms with van der Waals surface area (Å²) in [4.78, 5) is 11.8. The Labute approximate surface area is 119 Å². The number of aliphatic hydroxyl groups is 2. The number of hydrogen-bond donors (Lipinski definition) is 2. The van der Waals surface area contributed by atoms with Gasteiger partial charge in [0.1, 0.15) is 5.92 Å². The van der Waals surface area contributed by atoms with Crippen molar-refractivity contribution in [2.75, 3.05) is 13.2 Å². The van der Waals surface area contributed by atoms with Gasteiger partial charge in [-0.25, -0.2) is 0 Å². The van der Waals surface area contributed by atoms with Gasteiger partial charge in [0.25, 0.3) is 0 Å². The van der Waals surface area contributed by atoms with E-state index < -0.39 is 18.0 Å². The molecule has 2 N–H and O–H groups in total.